The van der Waals surface area contributed by atoms with Gasteiger partial charge in [0, 0.05) is 30.5 Å². The summed E-state index contributed by atoms with van der Waals surface area (Å²) in [6.07, 6.45) is 12.9. The zero-order valence-corrected chi connectivity index (χ0v) is 23.9. The number of aliphatic hydroxyl groups is 1. The van der Waals surface area contributed by atoms with Crippen LogP contribution in [0, 0.1) is 17.3 Å². The maximum atomic E-state index is 14.5. The molecule has 1 spiro atoms. The summed E-state index contributed by atoms with van der Waals surface area (Å²) < 4.78 is 4.85. The molecule has 4 heterocycles. The maximum Gasteiger partial charge on any atom is 0.311 e. The number of thioether (sulfide) groups is 1. The van der Waals surface area contributed by atoms with Crippen molar-refractivity contribution >= 4 is 29.5 Å². The molecule has 8 heteroatoms. The average molecular weight is 533 g/mol. The summed E-state index contributed by atoms with van der Waals surface area (Å²) in [5, 5.41) is 9.17. The van der Waals surface area contributed by atoms with Crippen LogP contribution in [-0.4, -0.2) is 80.6 Å². The normalized spacial score (nSPS) is 33.5. The number of carbonyl (C=O) groups is 3. The molecule has 0 aromatic rings. The Hall–Kier alpha value is -1.80. The third kappa shape index (κ3) is 5.38. The van der Waals surface area contributed by atoms with Crippen molar-refractivity contribution in [3.05, 3.63) is 24.3 Å². The second-order valence-corrected chi connectivity index (χ2v) is 14.3. The number of hydrogen-bond donors (Lipinski definition) is 1. The SMILES string of the molecule is CC(C)(C)CC(C)(C)N1CC=C[C@]23S[C@@H]4/C=C\CCCCOC(=O)[C@@H]4[C@H]2C(=O)N(CCCCO)C3C1=O. The quantitative estimate of drug-likeness (QED) is 0.317. The van der Waals surface area contributed by atoms with Gasteiger partial charge in [0.1, 0.15) is 6.04 Å². The minimum Gasteiger partial charge on any atom is -0.465 e. The van der Waals surface area contributed by atoms with E-state index in [1.165, 1.54) is 0 Å². The molecule has 0 radical (unpaired) electrons. The molecule has 4 rings (SSSR count). The van der Waals surface area contributed by atoms with E-state index in [0.29, 0.717) is 32.5 Å². The fourth-order valence-corrected chi connectivity index (χ4v) is 8.99. The standard InChI is InChI=1S/C29H44N2O5S/c1-27(2,3)19-28(4,5)31-16-12-14-29-22(24(33)30(15-9-10-17-32)23(29)25(31)34)21-20(37-29)13-8-6-7-11-18-36-26(21)35/h8,12-14,20-23,32H,6-7,9-11,15-19H2,1-5H3/b13-8-/t20-,21+,22+,23?,29+/m1/s1. The molecule has 206 valence electrons. The average Bonchev–Trinajstić information content (AvgIpc) is 3.17. The van der Waals surface area contributed by atoms with Gasteiger partial charge in [0.25, 0.3) is 0 Å². The number of nitrogens with zero attached hydrogens (tertiary/aromatic N) is 2. The molecular weight excluding hydrogens is 488 g/mol. The molecule has 4 aliphatic heterocycles. The lowest BCUT2D eigenvalue weighted by molar-refractivity contribution is -0.153. The first kappa shape index (κ1) is 28.2. The number of allylic oxidation sites excluding steroid dienone is 1. The van der Waals surface area contributed by atoms with E-state index in [1.54, 1.807) is 16.7 Å². The summed E-state index contributed by atoms with van der Waals surface area (Å²) >= 11 is 1.59. The molecular formula is C29H44N2O5S. The third-order valence-corrected chi connectivity index (χ3v) is 9.85. The highest BCUT2D eigenvalue weighted by Gasteiger charge is 2.71. The monoisotopic (exact) mass is 532 g/mol. The van der Waals surface area contributed by atoms with Crippen LogP contribution < -0.4 is 0 Å². The van der Waals surface area contributed by atoms with Crippen LogP contribution in [0.1, 0.15) is 73.1 Å². The lowest BCUT2D eigenvalue weighted by Crippen LogP contribution is -2.58. The molecule has 37 heavy (non-hydrogen) atoms. The van der Waals surface area contributed by atoms with Crippen LogP contribution in [0.5, 0.6) is 0 Å². The van der Waals surface area contributed by atoms with Crippen molar-refractivity contribution in [2.75, 3.05) is 26.3 Å². The van der Waals surface area contributed by atoms with Crippen molar-refractivity contribution in [3.63, 3.8) is 0 Å². The van der Waals surface area contributed by atoms with Gasteiger partial charge in [0.15, 0.2) is 0 Å². The molecule has 1 N–H and O–H groups in total. The van der Waals surface area contributed by atoms with Gasteiger partial charge in [-0.1, -0.05) is 45.1 Å². The van der Waals surface area contributed by atoms with Crippen LogP contribution in [0.15, 0.2) is 24.3 Å². The molecule has 5 atom stereocenters. The predicted molar refractivity (Wildman–Crippen MR) is 146 cm³/mol. The number of esters is 1. The Morgan fingerprint density at radius 3 is 2.54 bits per heavy atom. The summed E-state index contributed by atoms with van der Waals surface area (Å²) in [7, 11) is 0. The van der Waals surface area contributed by atoms with Gasteiger partial charge >= 0.3 is 5.97 Å². The molecule has 4 aliphatic rings. The number of rotatable bonds is 6. The Morgan fingerprint density at radius 2 is 1.84 bits per heavy atom. The predicted octanol–water partition coefficient (Wildman–Crippen LogP) is 3.95. The molecule has 0 aliphatic carbocycles. The molecule has 1 unspecified atom stereocenters. The van der Waals surface area contributed by atoms with Gasteiger partial charge < -0.3 is 19.6 Å². The molecule has 0 aromatic heterocycles. The van der Waals surface area contributed by atoms with Crippen LogP contribution in [0.25, 0.3) is 0 Å². The van der Waals surface area contributed by atoms with Crippen LogP contribution in [-0.2, 0) is 19.1 Å². The van der Waals surface area contributed by atoms with Crippen molar-refractivity contribution in [2.24, 2.45) is 17.3 Å². The van der Waals surface area contributed by atoms with E-state index in [0.717, 1.165) is 25.7 Å². The van der Waals surface area contributed by atoms with Crippen LogP contribution in [0.4, 0.5) is 0 Å². The summed E-state index contributed by atoms with van der Waals surface area (Å²) in [6, 6.07) is -0.689. The van der Waals surface area contributed by atoms with Crippen LogP contribution >= 0.6 is 11.8 Å². The lowest BCUT2D eigenvalue weighted by atomic mass is 9.78. The highest BCUT2D eigenvalue weighted by molar-refractivity contribution is 8.02. The zero-order valence-electron chi connectivity index (χ0n) is 23.1. The topological polar surface area (TPSA) is 87.2 Å². The van der Waals surface area contributed by atoms with E-state index in [2.05, 4.69) is 52.8 Å². The Kier molecular flexibility index (Phi) is 8.20. The van der Waals surface area contributed by atoms with E-state index in [4.69, 9.17) is 4.74 Å². The minimum absolute atomic E-state index is 0.0193. The lowest BCUT2D eigenvalue weighted by Gasteiger charge is -2.44. The number of aliphatic hydroxyl groups excluding tert-OH is 1. The first-order valence-corrected chi connectivity index (χ1v) is 14.7. The van der Waals surface area contributed by atoms with Gasteiger partial charge in [-0.2, -0.15) is 0 Å². The van der Waals surface area contributed by atoms with Gasteiger partial charge in [-0.15, -0.1) is 11.8 Å². The highest BCUT2D eigenvalue weighted by Crippen LogP contribution is 2.61. The summed E-state index contributed by atoms with van der Waals surface area (Å²) in [5.41, 5.74) is -0.395. The van der Waals surface area contributed by atoms with E-state index in [9.17, 15) is 19.5 Å². The second-order valence-electron chi connectivity index (χ2n) is 12.8. The zero-order chi connectivity index (χ0) is 27.0. The van der Waals surface area contributed by atoms with Gasteiger partial charge in [-0.3, -0.25) is 14.4 Å². The highest BCUT2D eigenvalue weighted by atomic mass is 32.2. The van der Waals surface area contributed by atoms with Crippen LogP contribution in [0.2, 0.25) is 0 Å². The molecule has 2 amide bonds. The molecule has 0 saturated carbocycles. The molecule has 0 bridgehead atoms. The van der Waals surface area contributed by atoms with Gasteiger partial charge in [0.05, 0.1) is 23.2 Å². The second kappa shape index (κ2) is 10.8. The minimum atomic E-state index is -0.827. The Bertz CT molecular complexity index is 954. The van der Waals surface area contributed by atoms with Gasteiger partial charge in [0.2, 0.25) is 11.8 Å². The Labute approximate surface area is 226 Å². The summed E-state index contributed by atoms with van der Waals surface area (Å²) in [6.45, 7) is 12.0. The largest absolute Gasteiger partial charge is 0.465 e. The Balaban J connectivity index is 1.78. The number of carbonyl (C=O) groups excluding carboxylic acids is 3. The fourth-order valence-electron chi connectivity index (χ4n) is 6.99. The van der Waals surface area contributed by atoms with E-state index in [1.807, 2.05) is 11.0 Å². The third-order valence-electron chi connectivity index (χ3n) is 8.10. The molecule has 2 fully saturated rings. The van der Waals surface area contributed by atoms with E-state index >= 15 is 0 Å². The summed E-state index contributed by atoms with van der Waals surface area (Å²) in [4.78, 5) is 45.7. The van der Waals surface area contributed by atoms with E-state index in [-0.39, 0.29) is 35.1 Å². The number of cyclic esters (lactones) is 1. The van der Waals surface area contributed by atoms with E-state index < -0.39 is 28.2 Å². The number of amides is 2. The van der Waals surface area contributed by atoms with Crippen LogP contribution in [0.3, 0.4) is 0 Å². The van der Waals surface area contributed by atoms with Crippen molar-refractivity contribution in [1.29, 1.82) is 0 Å². The molecule has 0 aromatic carbocycles. The van der Waals surface area contributed by atoms with Gasteiger partial charge in [-0.05, 0) is 57.8 Å². The number of likely N-dealkylation sites (tertiary alicyclic amines) is 1. The van der Waals surface area contributed by atoms with Crippen molar-refractivity contribution in [1.82, 2.24) is 9.80 Å². The van der Waals surface area contributed by atoms with Crippen molar-refractivity contribution < 1.29 is 24.2 Å². The first-order valence-electron chi connectivity index (χ1n) is 13.8. The Morgan fingerprint density at radius 1 is 1.08 bits per heavy atom. The maximum absolute atomic E-state index is 14.5. The molecule has 7 nitrogen and oxygen atoms in total. The number of unbranched alkanes of at least 4 members (excludes halogenated alkanes) is 1. The number of hydrogen-bond acceptors (Lipinski definition) is 6. The smallest absolute Gasteiger partial charge is 0.311 e. The van der Waals surface area contributed by atoms with Crippen molar-refractivity contribution in [2.45, 2.75) is 94.7 Å². The number of ether oxygens (including phenoxy) is 1. The molecule has 2 saturated heterocycles. The first-order chi connectivity index (χ1) is 17.4. The van der Waals surface area contributed by atoms with Gasteiger partial charge in [-0.25, -0.2) is 0 Å². The fraction of sp³-hybridized carbons (Fsp3) is 0.759. The summed E-state index contributed by atoms with van der Waals surface area (Å²) in [5.74, 6) is -1.79. The van der Waals surface area contributed by atoms with Crippen molar-refractivity contribution in [3.8, 4) is 0 Å². The number of fused-ring (bicyclic) bond motifs is 2.